The summed E-state index contributed by atoms with van der Waals surface area (Å²) in [7, 11) is 0. The topological polar surface area (TPSA) is 93.3 Å². The minimum atomic E-state index is 0.0614. The van der Waals surface area contributed by atoms with Crippen LogP contribution in [-0.4, -0.2) is 57.6 Å². The number of carbonyl (C=O) groups excluding carboxylic acids is 1. The summed E-state index contributed by atoms with van der Waals surface area (Å²) in [5.74, 6) is 1.60. The number of hydrogen-bond acceptors (Lipinski definition) is 7. The Morgan fingerprint density at radius 2 is 1.84 bits per heavy atom. The van der Waals surface area contributed by atoms with Crippen molar-refractivity contribution in [2.75, 3.05) is 32.1 Å². The van der Waals surface area contributed by atoms with Crippen molar-refractivity contribution >= 4 is 17.7 Å². The molecule has 0 bridgehead atoms. The van der Waals surface area contributed by atoms with E-state index in [1.165, 1.54) is 11.8 Å². The molecule has 0 N–H and O–H groups in total. The number of ether oxygens (including phenoxy) is 2. The highest BCUT2D eigenvalue weighted by Gasteiger charge is 2.20. The van der Waals surface area contributed by atoms with Gasteiger partial charge < -0.3 is 14.4 Å². The molecule has 1 aliphatic rings. The van der Waals surface area contributed by atoms with Crippen molar-refractivity contribution in [2.24, 2.45) is 0 Å². The molecule has 1 saturated heterocycles. The highest BCUT2D eigenvalue weighted by molar-refractivity contribution is 7.99. The van der Waals surface area contributed by atoms with E-state index in [9.17, 15) is 4.79 Å². The van der Waals surface area contributed by atoms with Crippen LogP contribution < -0.4 is 4.74 Å². The fourth-order valence-corrected chi connectivity index (χ4v) is 4.00. The van der Waals surface area contributed by atoms with Gasteiger partial charge in [0, 0.05) is 18.8 Å². The summed E-state index contributed by atoms with van der Waals surface area (Å²) in [5.41, 5.74) is 1.47. The third kappa shape index (κ3) is 5.23. The maximum Gasteiger partial charge on any atom is 0.233 e. The molecule has 9 heteroatoms. The molecule has 31 heavy (non-hydrogen) atoms. The molecule has 3 aromatic rings. The van der Waals surface area contributed by atoms with Crippen LogP contribution in [0.2, 0.25) is 0 Å². The highest BCUT2D eigenvalue weighted by Crippen LogP contribution is 2.23. The zero-order valence-electron chi connectivity index (χ0n) is 16.8. The Morgan fingerprint density at radius 1 is 1.10 bits per heavy atom. The van der Waals surface area contributed by atoms with Crippen molar-refractivity contribution in [3.05, 3.63) is 66.0 Å². The number of nitriles is 1. The summed E-state index contributed by atoms with van der Waals surface area (Å²) >= 11 is 1.36. The molecule has 0 aliphatic carbocycles. The first kappa shape index (κ1) is 20.9. The van der Waals surface area contributed by atoms with Gasteiger partial charge in [0.05, 0.1) is 30.6 Å². The van der Waals surface area contributed by atoms with Crippen molar-refractivity contribution in [3.63, 3.8) is 0 Å². The zero-order chi connectivity index (χ0) is 21.5. The van der Waals surface area contributed by atoms with Crippen molar-refractivity contribution < 1.29 is 14.3 Å². The predicted molar refractivity (Wildman–Crippen MR) is 115 cm³/mol. The second-order valence-electron chi connectivity index (χ2n) is 6.78. The number of para-hydroxylation sites is 1. The van der Waals surface area contributed by atoms with Crippen LogP contribution in [0.25, 0.3) is 5.69 Å². The Labute approximate surface area is 184 Å². The molecule has 0 atom stereocenters. The molecule has 1 aliphatic heterocycles. The lowest BCUT2D eigenvalue weighted by Gasteiger charge is -2.26. The van der Waals surface area contributed by atoms with Crippen molar-refractivity contribution in [1.29, 1.82) is 5.26 Å². The second kappa shape index (κ2) is 10.1. The first-order valence-electron chi connectivity index (χ1n) is 9.85. The molecule has 2 aromatic carbocycles. The molecule has 8 nitrogen and oxygen atoms in total. The van der Waals surface area contributed by atoms with Gasteiger partial charge in [0.15, 0.2) is 11.0 Å². The van der Waals surface area contributed by atoms with Gasteiger partial charge in [-0.1, -0.05) is 30.0 Å². The number of amides is 1. The van der Waals surface area contributed by atoms with Crippen LogP contribution in [0.5, 0.6) is 5.75 Å². The standard InChI is InChI=1S/C22H21N5O3S/c23-14-17-6-8-19(9-7-17)30-15-20-24-25-22(27(20)18-4-2-1-3-5-18)31-16-21(28)26-10-12-29-13-11-26/h1-9H,10-13,15-16H2. The zero-order valence-corrected chi connectivity index (χ0v) is 17.6. The number of rotatable bonds is 7. The SMILES string of the molecule is N#Cc1ccc(OCc2nnc(SCC(=O)N3CCOCC3)n2-c2ccccc2)cc1. The first-order valence-corrected chi connectivity index (χ1v) is 10.8. The quantitative estimate of drug-likeness (QED) is 0.527. The van der Waals surface area contributed by atoms with Gasteiger partial charge in [0.2, 0.25) is 5.91 Å². The van der Waals surface area contributed by atoms with Crippen LogP contribution in [0.3, 0.4) is 0 Å². The molecule has 1 amide bonds. The van der Waals surface area contributed by atoms with Gasteiger partial charge in [-0.25, -0.2) is 0 Å². The van der Waals surface area contributed by atoms with Crippen molar-refractivity contribution in [1.82, 2.24) is 19.7 Å². The molecule has 4 rings (SSSR count). The minimum absolute atomic E-state index is 0.0614. The summed E-state index contributed by atoms with van der Waals surface area (Å²) in [5, 5.41) is 18.2. The molecular weight excluding hydrogens is 414 g/mol. The molecule has 0 radical (unpaired) electrons. The molecule has 0 spiro atoms. The van der Waals surface area contributed by atoms with E-state index in [4.69, 9.17) is 14.7 Å². The van der Waals surface area contributed by atoms with Gasteiger partial charge in [0.25, 0.3) is 0 Å². The molecule has 2 heterocycles. The fourth-order valence-electron chi connectivity index (χ4n) is 3.13. The predicted octanol–water partition coefficient (Wildman–Crippen LogP) is 2.67. The average Bonchev–Trinajstić information content (AvgIpc) is 3.25. The van der Waals surface area contributed by atoms with E-state index in [1.54, 1.807) is 24.3 Å². The lowest BCUT2D eigenvalue weighted by Crippen LogP contribution is -2.41. The van der Waals surface area contributed by atoms with Crippen LogP contribution in [0, 0.1) is 11.3 Å². The number of nitrogens with zero attached hydrogens (tertiary/aromatic N) is 5. The summed E-state index contributed by atoms with van der Waals surface area (Å²) < 4.78 is 13.1. The minimum Gasteiger partial charge on any atom is -0.486 e. The summed E-state index contributed by atoms with van der Waals surface area (Å²) in [6.45, 7) is 2.59. The number of morpholine rings is 1. The maximum atomic E-state index is 12.5. The normalized spacial score (nSPS) is 13.6. The number of benzene rings is 2. The van der Waals surface area contributed by atoms with E-state index in [-0.39, 0.29) is 18.3 Å². The smallest absolute Gasteiger partial charge is 0.233 e. The number of thioether (sulfide) groups is 1. The van der Waals surface area contributed by atoms with Crippen LogP contribution in [0.1, 0.15) is 11.4 Å². The maximum absolute atomic E-state index is 12.5. The van der Waals surface area contributed by atoms with E-state index in [0.29, 0.717) is 48.6 Å². The Kier molecular flexibility index (Phi) is 6.82. The van der Waals surface area contributed by atoms with Gasteiger partial charge in [0.1, 0.15) is 12.4 Å². The monoisotopic (exact) mass is 435 g/mol. The summed E-state index contributed by atoms with van der Waals surface area (Å²) in [4.78, 5) is 14.3. The van der Waals surface area contributed by atoms with Gasteiger partial charge in [-0.3, -0.25) is 9.36 Å². The Balaban J connectivity index is 1.49. The third-order valence-electron chi connectivity index (χ3n) is 4.75. The van der Waals surface area contributed by atoms with Crippen molar-refractivity contribution in [2.45, 2.75) is 11.8 Å². The average molecular weight is 436 g/mol. The van der Waals surface area contributed by atoms with E-state index >= 15 is 0 Å². The molecule has 0 saturated carbocycles. The van der Waals surface area contributed by atoms with Gasteiger partial charge in [-0.2, -0.15) is 5.26 Å². The summed E-state index contributed by atoms with van der Waals surface area (Å²) in [6.07, 6.45) is 0. The largest absolute Gasteiger partial charge is 0.486 e. The molecular formula is C22H21N5O3S. The van der Waals surface area contributed by atoms with Crippen LogP contribution in [-0.2, 0) is 16.1 Å². The molecule has 0 unspecified atom stereocenters. The first-order chi connectivity index (χ1) is 15.2. The second-order valence-corrected chi connectivity index (χ2v) is 7.72. The molecule has 1 aromatic heterocycles. The van der Waals surface area contributed by atoms with Crippen LogP contribution in [0.15, 0.2) is 59.8 Å². The van der Waals surface area contributed by atoms with Gasteiger partial charge in [-0.05, 0) is 36.4 Å². The summed E-state index contributed by atoms with van der Waals surface area (Å²) in [6, 6.07) is 18.7. The van der Waals surface area contributed by atoms with E-state index in [0.717, 1.165) is 5.69 Å². The number of aromatic nitrogens is 3. The van der Waals surface area contributed by atoms with Gasteiger partial charge in [-0.15, -0.1) is 10.2 Å². The lowest BCUT2D eigenvalue weighted by molar-refractivity contribution is -0.132. The van der Waals surface area contributed by atoms with Crippen LogP contribution in [0.4, 0.5) is 0 Å². The van der Waals surface area contributed by atoms with Crippen molar-refractivity contribution in [3.8, 4) is 17.5 Å². The Morgan fingerprint density at radius 3 is 2.55 bits per heavy atom. The Bertz CT molecular complexity index is 1060. The third-order valence-corrected chi connectivity index (χ3v) is 5.67. The van der Waals surface area contributed by atoms with E-state index in [1.807, 2.05) is 39.8 Å². The van der Waals surface area contributed by atoms with E-state index < -0.39 is 0 Å². The van der Waals surface area contributed by atoms with E-state index in [2.05, 4.69) is 16.3 Å². The molecule has 1 fully saturated rings. The number of hydrogen-bond donors (Lipinski definition) is 0. The lowest BCUT2D eigenvalue weighted by atomic mass is 10.2. The number of carbonyl (C=O) groups is 1. The molecule has 158 valence electrons. The van der Waals surface area contributed by atoms with Crippen LogP contribution >= 0.6 is 11.8 Å². The fraction of sp³-hybridized carbons (Fsp3) is 0.273. The van der Waals surface area contributed by atoms with Gasteiger partial charge >= 0.3 is 0 Å². The Hall–Kier alpha value is -3.35. The highest BCUT2D eigenvalue weighted by atomic mass is 32.2.